The molecular weight excluding hydrogens is 312 g/mol. The number of aryl methyl sites for hydroxylation is 1. The first-order valence-electron chi connectivity index (χ1n) is 7.79. The summed E-state index contributed by atoms with van der Waals surface area (Å²) in [6.07, 6.45) is -1.39. The third-order valence-electron chi connectivity index (χ3n) is 3.59. The van der Waals surface area contributed by atoms with Gasteiger partial charge in [-0.2, -0.15) is 0 Å². The Labute approximate surface area is 141 Å². The summed E-state index contributed by atoms with van der Waals surface area (Å²) < 4.78 is 10.3. The van der Waals surface area contributed by atoms with Gasteiger partial charge in [-0.05, 0) is 37.0 Å². The van der Waals surface area contributed by atoms with Gasteiger partial charge in [0.1, 0.15) is 18.0 Å². The van der Waals surface area contributed by atoms with E-state index in [4.69, 9.17) is 20.9 Å². The lowest BCUT2D eigenvalue weighted by Crippen LogP contribution is -2.45. The van der Waals surface area contributed by atoms with Crippen LogP contribution in [-0.2, 0) is 15.9 Å². The molecule has 0 aliphatic heterocycles. The van der Waals surface area contributed by atoms with Gasteiger partial charge < -0.3 is 26.0 Å². The Bertz CT molecular complexity index is 551. The number of phenols is 1. The largest absolute Gasteiger partial charge is 0.508 e. The fraction of sp³-hybridized carbons (Fsp3) is 0.529. The minimum absolute atomic E-state index is 0.205. The third-order valence-corrected chi connectivity index (χ3v) is 3.59. The molecule has 1 rings (SSSR count). The van der Waals surface area contributed by atoms with Gasteiger partial charge in [-0.1, -0.05) is 32.9 Å². The van der Waals surface area contributed by atoms with Gasteiger partial charge in [0.25, 0.3) is 0 Å². The molecule has 1 aromatic carbocycles. The van der Waals surface area contributed by atoms with Gasteiger partial charge in [-0.3, -0.25) is 0 Å². The molecule has 24 heavy (non-hydrogen) atoms. The molecule has 0 aromatic heterocycles. The van der Waals surface area contributed by atoms with Gasteiger partial charge in [0.05, 0.1) is 0 Å². The molecule has 2 atom stereocenters. The van der Waals surface area contributed by atoms with E-state index in [9.17, 15) is 14.7 Å². The number of benzene rings is 1. The Hall–Kier alpha value is -2.44. The van der Waals surface area contributed by atoms with Crippen molar-refractivity contribution in [3.8, 4) is 5.75 Å². The van der Waals surface area contributed by atoms with Crippen molar-refractivity contribution in [1.29, 1.82) is 0 Å². The standard InChI is InChI=1S/C17H26N2O5/c1-17(2,3)14(24-16(19)22)13(23-15(18)21)6-4-5-11-7-9-12(20)10-8-11/h7-10,13-14,20H,4-6H2,1-3H3,(H2,18,21)(H2,19,22)/t13-,14?/m0/s1. The summed E-state index contributed by atoms with van der Waals surface area (Å²) >= 11 is 0. The van der Waals surface area contributed by atoms with E-state index in [1.807, 2.05) is 32.9 Å². The van der Waals surface area contributed by atoms with Crippen LogP contribution in [0.25, 0.3) is 0 Å². The third kappa shape index (κ3) is 6.76. The SMILES string of the molecule is CC(C)(C)C(OC(N)=O)[C@H](CCCc1ccc(O)cc1)OC(N)=O. The molecule has 0 aliphatic rings. The lowest BCUT2D eigenvalue weighted by Gasteiger charge is -2.35. The molecule has 7 nitrogen and oxygen atoms in total. The first-order valence-corrected chi connectivity index (χ1v) is 7.79. The minimum Gasteiger partial charge on any atom is -0.508 e. The van der Waals surface area contributed by atoms with Gasteiger partial charge >= 0.3 is 12.2 Å². The van der Waals surface area contributed by atoms with Crippen LogP contribution in [0.15, 0.2) is 24.3 Å². The Morgan fingerprint density at radius 3 is 2.08 bits per heavy atom. The number of phenolic OH excluding ortho intramolecular Hbond substituents is 1. The smallest absolute Gasteiger partial charge is 0.404 e. The van der Waals surface area contributed by atoms with Gasteiger partial charge in [-0.25, -0.2) is 9.59 Å². The highest BCUT2D eigenvalue weighted by molar-refractivity contribution is 5.66. The Morgan fingerprint density at radius 2 is 1.62 bits per heavy atom. The predicted molar refractivity (Wildman–Crippen MR) is 89.4 cm³/mol. The van der Waals surface area contributed by atoms with E-state index in [1.54, 1.807) is 12.1 Å². The van der Waals surface area contributed by atoms with E-state index in [-0.39, 0.29) is 5.75 Å². The van der Waals surface area contributed by atoms with Gasteiger partial charge in [0, 0.05) is 5.41 Å². The van der Waals surface area contributed by atoms with Crippen LogP contribution in [-0.4, -0.2) is 29.5 Å². The fourth-order valence-corrected chi connectivity index (χ4v) is 2.53. The molecule has 0 aliphatic carbocycles. The number of primary amides is 2. The lowest BCUT2D eigenvalue weighted by molar-refractivity contribution is -0.0581. The molecule has 0 fully saturated rings. The summed E-state index contributed by atoms with van der Waals surface area (Å²) in [6.45, 7) is 5.58. The first kappa shape index (κ1) is 19.6. The second-order valence-electron chi connectivity index (χ2n) is 6.76. The highest BCUT2D eigenvalue weighted by Crippen LogP contribution is 2.29. The molecule has 134 valence electrons. The van der Waals surface area contributed by atoms with E-state index in [0.29, 0.717) is 19.3 Å². The topological polar surface area (TPSA) is 125 Å². The number of ether oxygens (including phenoxy) is 2. The van der Waals surface area contributed by atoms with Crippen LogP contribution in [0.5, 0.6) is 5.75 Å². The number of carbonyl (C=O) groups is 2. The summed E-state index contributed by atoms with van der Waals surface area (Å²) in [4.78, 5) is 22.4. The molecule has 0 radical (unpaired) electrons. The molecule has 5 N–H and O–H groups in total. The van der Waals surface area contributed by atoms with E-state index >= 15 is 0 Å². The monoisotopic (exact) mass is 338 g/mol. The van der Waals surface area contributed by atoms with Crippen LogP contribution in [0.1, 0.15) is 39.2 Å². The molecule has 0 bridgehead atoms. The van der Waals surface area contributed by atoms with Crippen molar-refractivity contribution in [3.63, 3.8) is 0 Å². The Balaban J connectivity index is 2.76. The molecule has 0 heterocycles. The predicted octanol–water partition coefficient (Wildman–Crippen LogP) is 2.69. The van der Waals surface area contributed by atoms with Crippen LogP contribution in [0, 0.1) is 5.41 Å². The van der Waals surface area contributed by atoms with Crippen LogP contribution in [0.3, 0.4) is 0 Å². The molecule has 2 amide bonds. The fourth-order valence-electron chi connectivity index (χ4n) is 2.53. The van der Waals surface area contributed by atoms with Crippen molar-refractivity contribution in [2.45, 2.75) is 52.2 Å². The summed E-state index contributed by atoms with van der Waals surface area (Å²) in [7, 11) is 0. The average Bonchev–Trinajstić information content (AvgIpc) is 2.44. The molecule has 1 aromatic rings. The number of hydrogen-bond acceptors (Lipinski definition) is 5. The average molecular weight is 338 g/mol. The van der Waals surface area contributed by atoms with Crippen molar-refractivity contribution in [2.75, 3.05) is 0 Å². The number of hydrogen-bond donors (Lipinski definition) is 3. The van der Waals surface area contributed by atoms with Crippen LogP contribution < -0.4 is 11.5 Å². The van der Waals surface area contributed by atoms with Crippen LogP contribution >= 0.6 is 0 Å². The summed E-state index contributed by atoms with van der Waals surface area (Å²) in [6, 6.07) is 6.86. The number of carbonyl (C=O) groups excluding carboxylic acids is 2. The number of aromatic hydroxyl groups is 1. The van der Waals surface area contributed by atoms with E-state index < -0.39 is 29.8 Å². The maximum absolute atomic E-state index is 11.2. The maximum Gasteiger partial charge on any atom is 0.404 e. The van der Waals surface area contributed by atoms with Gasteiger partial charge in [0.2, 0.25) is 0 Å². The van der Waals surface area contributed by atoms with Crippen molar-refractivity contribution < 1.29 is 24.2 Å². The van der Waals surface area contributed by atoms with Gasteiger partial charge in [0.15, 0.2) is 0 Å². The second kappa shape index (κ2) is 8.42. The normalized spacial score (nSPS) is 13.8. The van der Waals surface area contributed by atoms with Gasteiger partial charge in [-0.15, -0.1) is 0 Å². The van der Waals surface area contributed by atoms with Crippen molar-refractivity contribution in [1.82, 2.24) is 0 Å². The van der Waals surface area contributed by atoms with Crippen molar-refractivity contribution in [2.24, 2.45) is 16.9 Å². The molecule has 0 spiro atoms. The molecule has 0 saturated carbocycles. The lowest BCUT2D eigenvalue weighted by atomic mass is 9.84. The zero-order chi connectivity index (χ0) is 18.3. The number of rotatable bonds is 7. The van der Waals surface area contributed by atoms with Crippen molar-refractivity contribution in [3.05, 3.63) is 29.8 Å². The quantitative estimate of drug-likeness (QED) is 0.705. The number of amides is 2. The summed E-state index contributed by atoms with van der Waals surface area (Å²) in [5.41, 5.74) is 10.8. The van der Waals surface area contributed by atoms with E-state index in [0.717, 1.165) is 5.56 Å². The number of nitrogens with two attached hydrogens (primary N) is 2. The zero-order valence-corrected chi connectivity index (χ0v) is 14.3. The second-order valence-corrected chi connectivity index (χ2v) is 6.76. The minimum atomic E-state index is -0.925. The van der Waals surface area contributed by atoms with Crippen LogP contribution in [0.4, 0.5) is 9.59 Å². The highest BCUT2D eigenvalue weighted by Gasteiger charge is 2.37. The van der Waals surface area contributed by atoms with E-state index in [1.165, 1.54) is 0 Å². The summed E-state index contributed by atoms with van der Waals surface area (Å²) in [5.74, 6) is 0.205. The van der Waals surface area contributed by atoms with Crippen molar-refractivity contribution >= 4 is 12.2 Å². The van der Waals surface area contributed by atoms with E-state index in [2.05, 4.69) is 0 Å². The first-order chi connectivity index (χ1) is 11.1. The summed E-state index contributed by atoms with van der Waals surface area (Å²) in [5, 5.41) is 9.28. The Kier molecular flexibility index (Phi) is 6.88. The maximum atomic E-state index is 11.2. The molecule has 1 unspecified atom stereocenters. The molecular formula is C17H26N2O5. The molecule has 7 heteroatoms. The Morgan fingerprint density at radius 1 is 1.08 bits per heavy atom. The zero-order valence-electron chi connectivity index (χ0n) is 14.3. The molecule has 0 saturated heterocycles. The highest BCUT2D eigenvalue weighted by atomic mass is 16.6. The van der Waals surface area contributed by atoms with Crippen LogP contribution in [0.2, 0.25) is 0 Å².